The highest BCUT2D eigenvalue weighted by molar-refractivity contribution is 5.97. The van der Waals surface area contributed by atoms with Crippen molar-refractivity contribution in [3.05, 3.63) is 53.7 Å². The molecule has 1 amide bonds. The molecule has 0 saturated carbocycles. The van der Waals surface area contributed by atoms with Crippen molar-refractivity contribution in [2.24, 2.45) is 5.92 Å². The van der Waals surface area contributed by atoms with Crippen molar-refractivity contribution in [2.75, 3.05) is 6.54 Å². The maximum atomic E-state index is 12.4. The summed E-state index contributed by atoms with van der Waals surface area (Å²) in [6.45, 7) is 6.28. The molecule has 4 heteroatoms. The molecule has 0 radical (unpaired) electrons. The molecule has 2 rings (SSSR count). The fourth-order valence-corrected chi connectivity index (χ4v) is 2.61. The topological polar surface area (TPSA) is 62.2 Å². The first-order chi connectivity index (χ1) is 11.0. The van der Waals surface area contributed by atoms with Crippen LogP contribution in [-0.4, -0.2) is 28.6 Å². The molecule has 2 aromatic rings. The van der Waals surface area contributed by atoms with Crippen LogP contribution in [0.1, 0.15) is 36.2 Å². The van der Waals surface area contributed by atoms with E-state index < -0.39 is 6.10 Å². The summed E-state index contributed by atoms with van der Waals surface area (Å²) in [5.41, 5.74) is 3.30. The van der Waals surface area contributed by atoms with E-state index >= 15 is 0 Å². The molecular formula is C19H24N2O2. The minimum Gasteiger partial charge on any atom is -0.391 e. The number of carbonyl (C=O) groups is 1. The first kappa shape index (κ1) is 17.2. The second-order valence-electron chi connectivity index (χ2n) is 6.19. The van der Waals surface area contributed by atoms with Crippen LogP contribution in [-0.2, 0) is 0 Å². The Morgan fingerprint density at radius 2 is 2.00 bits per heavy atom. The van der Waals surface area contributed by atoms with Crippen LogP contribution < -0.4 is 5.32 Å². The standard InChI is InChI=1S/C19H24N2O2/c1-13(2)11-15(22)12-21-19(23)17-8-6-7-16(14(17)3)18-9-4-5-10-20-18/h4-10,13,15,22H,11-12H2,1-3H3,(H,21,23). The van der Waals surface area contributed by atoms with E-state index in [4.69, 9.17) is 0 Å². The van der Waals surface area contributed by atoms with E-state index in [-0.39, 0.29) is 12.5 Å². The molecule has 1 heterocycles. The lowest BCUT2D eigenvalue weighted by molar-refractivity contribution is 0.0899. The van der Waals surface area contributed by atoms with Crippen LogP contribution >= 0.6 is 0 Å². The maximum absolute atomic E-state index is 12.4. The number of amides is 1. The number of nitrogens with one attached hydrogen (secondary N) is 1. The Bertz CT molecular complexity index is 654. The highest BCUT2D eigenvalue weighted by atomic mass is 16.3. The Morgan fingerprint density at radius 3 is 2.65 bits per heavy atom. The third-order valence-electron chi connectivity index (χ3n) is 3.76. The lowest BCUT2D eigenvalue weighted by Gasteiger charge is -2.15. The highest BCUT2D eigenvalue weighted by Gasteiger charge is 2.14. The van der Waals surface area contributed by atoms with E-state index in [2.05, 4.69) is 10.3 Å². The number of hydrogen-bond donors (Lipinski definition) is 2. The van der Waals surface area contributed by atoms with Crippen molar-refractivity contribution < 1.29 is 9.90 Å². The third kappa shape index (κ3) is 4.63. The van der Waals surface area contributed by atoms with Gasteiger partial charge >= 0.3 is 0 Å². The summed E-state index contributed by atoms with van der Waals surface area (Å²) in [4.78, 5) is 16.7. The molecule has 2 N–H and O–H groups in total. The average molecular weight is 312 g/mol. The predicted octanol–water partition coefficient (Wildman–Crippen LogP) is 3.19. The quantitative estimate of drug-likeness (QED) is 0.861. The van der Waals surface area contributed by atoms with Crippen molar-refractivity contribution in [3.63, 3.8) is 0 Å². The fourth-order valence-electron chi connectivity index (χ4n) is 2.61. The Balaban J connectivity index is 2.13. The van der Waals surface area contributed by atoms with Gasteiger partial charge < -0.3 is 10.4 Å². The van der Waals surface area contributed by atoms with Gasteiger partial charge in [-0.1, -0.05) is 32.0 Å². The van der Waals surface area contributed by atoms with Crippen LogP contribution in [0.25, 0.3) is 11.3 Å². The van der Waals surface area contributed by atoms with E-state index in [1.54, 1.807) is 12.3 Å². The second-order valence-corrected chi connectivity index (χ2v) is 6.19. The van der Waals surface area contributed by atoms with Gasteiger partial charge in [-0.25, -0.2) is 0 Å². The van der Waals surface area contributed by atoms with Crippen LogP contribution in [0.3, 0.4) is 0 Å². The number of aliphatic hydroxyl groups is 1. The van der Waals surface area contributed by atoms with Crippen LogP contribution in [0.5, 0.6) is 0 Å². The van der Waals surface area contributed by atoms with E-state index in [9.17, 15) is 9.90 Å². The summed E-state index contributed by atoms with van der Waals surface area (Å²) in [5.74, 6) is 0.235. The molecule has 0 spiro atoms. The normalized spacial score (nSPS) is 12.2. The summed E-state index contributed by atoms with van der Waals surface area (Å²) in [5, 5.41) is 12.7. The molecule has 23 heavy (non-hydrogen) atoms. The van der Waals surface area contributed by atoms with E-state index in [0.29, 0.717) is 17.9 Å². The molecule has 0 saturated heterocycles. The number of benzene rings is 1. The molecule has 0 aliphatic heterocycles. The van der Waals surface area contributed by atoms with Gasteiger partial charge in [-0.05, 0) is 43.0 Å². The van der Waals surface area contributed by atoms with Crippen molar-refractivity contribution in [1.82, 2.24) is 10.3 Å². The average Bonchev–Trinajstić information content (AvgIpc) is 2.53. The van der Waals surface area contributed by atoms with Crippen LogP contribution in [0.2, 0.25) is 0 Å². The number of hydrogen-bond acceptors (Lipinski definition) is 3. The number of carbonyl (C=O) groups excluding carboxylic acids is 1. The summed E-state index contributed by atoms with van der Waals surface area (Å²) < 4.78 is 0. The van der Waals surface area contributed by atoms with E-state index in [1.807, 2.05) is 51.1 Å². The van der Waals surface area contributed by atoms with E-state index in [1.165, 1.54) is 0 Å². The highest BCUT2D eigenvalue weighted by Crippen LogP contribution is 2.23. The number of nitrogens with zero attached hydrogens (tertiary/aromatic N) is 1. The van der Waals surface area contributed by atoms with Crippen molar-refractivity contribution >= 4 is 5.91 Å². The number of aromatic nitrogens is 1. The Hall–Kier alpha value is -2.20. The smallest absolute Gasteiger partial charge is 0.251 e. The van der Waals surface area contributed by atoms with Crippen molar-refractivity contribution in [3.8, 4) is 11.3 Å². The van der Waals surface area contributed by atoms with Gasteiger partial charge in [0.2, 0.25) is 0 Å². The molecule has 0 aliphatic rings. The van der Waals surface area contributed by atoms with E-state index in [0.717, 1.165) is 16.8 Å². The molecule has 1 atom stereocenters. The SMILES string of the molecule is Cc1c(C(=O)NCC(O)CC(C)C)cccc1-c1ccccn1. The maximum Gasteiger partial charge on any atom is 0.251 e. The lowest BCUT2D eigenvalue weighted by Crippen LogP contribution is -2.33. The number of aliphatic hydroxyl groups excluding tert-OH is 1. The Kier molecular flexibility index (Phi) is 5.88. The second kappa shape index (κ2) is 7.88. The van der Waals surface area contributed by atoms with Crippen molar-refractivity contribution in [2.45, 2.75) is 33.3 Å². The van der Waals surface area contributed by atoms with Gasteiger partial charge in [0, 0.05) is 23.9 Å². The largest absolute Gasteiger partial charge is 0.391 e. The zero-order valence-corrected chi connectivity index (χ0v) is 13.9. The molecule has 0 fully saturated rings. The summed E-state index contributed by atoms with van der Waals surface area (Å²) >= 11 is 0. The molecule has 4 nitrogen and oxygen atoms in total. The molecule has 1 unspecified atom stereocenters. The van der Waals surface area contributed by atoms with Crippen LogP contribution in [0, 0.1) is 12.8 Å². The summed E-state index contributed by atoms with van der Waals surface area (Å²) in [7, 11) is 0. The summed E-state index contributed by atoms with van der Waals surface area (Å²) in [6.07, 6.45) is 1.90. The Labute approximate surface area is 137 Å². The predicted molar refractivity (Wildman–Crippen MR) is 92.2 cm³/mol. The van der Waals surface area contributed by atoms with Gasteiger partial charge in [0.1, 0.15) is 0 Å². The molecule has 122 valence electrons. The molecule has 0 bridgehead atoms. The van der Waals surface area contributed by atoms with Gasteiger partial charge in [-0.3, -0.25) is 9.78 Å². The van der Waals surface area contributed by atoms with Crippen LogP contribution in [0.15, 0.2) is 42.6 Å². The van der Waals surface area contributed by atoms with Gasteiger partial charge in [-0.2, -0.15) is 0 Å². The lowest BCUT2D eigenvalue weighted by atomic mass is 9.99. The number of rotatable bonds is 6. The van der Waals surface area contributed by atoms with Gasteiger partial charge in [0.15, 0.2) is 0 Å². The van der Waals surface area contributed by atoms with Gasteiger partial charge in [0.05, 0.1) is 11.8 Å². The molecule has 1 aromatic carbocycles. The fraction of sp³-hybridized carbons (Fsp3) is 0.368. The summed E-state index contributed by atoms with van der Waals surface area (Å²) in [6, 6.07) is 11.3. The first-order valence-electron chi connectivity index (χ1n) is 7.96. The minimum atomic E-state index is -0.516. The zero-order chi connectivity index (χ0) is 16.8. The monoisotopic (exact) mass is 312 g/mol. The molecule has 0 aliphatic carbocycles. The number of pyridine rings is 1. The minimum absolute atomic E-state index is 0.164. The molecular weight excluding hydrogens is 288 g/mol. The Morgan fingerprint density at radius 1 is 1.22 bits per heavy atom. The molecule has 1 aromatic heterocycles. The first-order valence-corrected chi connectivity index (χ1v) is 7.96. The van der Waals surface area contributed by atoms with Crippen LogP contribution in [0.4, 0.5) is 0 Å². The van der Waals surface area contributed by atoms with Crippen molar-refractivity contribution in [1.29, 1.82) is 0 Å². The van der Waals surface area contributed by atoms with Gasteiger partial charge in [-0.15, -0.1) is 0 Å². The van der Waals surface area contributed by atoms with Gasteiger partial charge in [0.25, 0.3) is 5.91 Å². The zero-order valence-electron chi connectivity index (χ0n) is 13.9. The third-order valence-corrected chi connectivity index (χ3v) is 3.76.